The lowest BCUT2D eigenvalue weighted by Gasteiger charge is -2.55. The molecule has 0 amide bonds. The Morgan fingerprint density at radius 3 is 2.67 bits per heavy atom. The zero-order chi connectivity index (χ0) is 19.2. The van der Waals surface area contributed by atoms with Gasteiger partial charge < -0.3 is 9.16 Å². The maximum Gasteiger partial charge on any atom is 0.184 e. The zero-order valence-electron chi connectivity index (χ0n) is 18.0. The third-order valence-electron chi connectivity index (χ3n) is 8.71. The average molecular weight is 385 g/mol. The summed E-state index contributed by atoms with van der Waals surface area (Å²) in [7, 11) is 0.264. The molecule has 7 atom stereocenters. The predicted molar refractivity (Wildman–Crippen MR) is 113 cm³/mol. The Bertz CT molecular complexity index is 768. The van der Waals surface area contributed by atoms with Crippen LogP contribution in [0.5, 0.6) is 5.75 Å². The van der Waals surface area contributed by atoms with Crippen LogP contribution in [0.15, 0.2) is 18.2 Å². The number of methoxy groups -OCH3 is 1. The normalized spacial score (nSPS) is 44.7. The van der Waals surface area contributed by atoms with Gasteiger partial charge in [0.1, 0.15) is 5.75 Å². The van der Waals surface area contributed by atoms with Crippen molar-refractivity contribution in [3.8, 4) is 5.75 Å². The minimum absolute atomic E-state index is 0.229. The molecule has 0 aromatic heterocycles. The van der Waals surface area contributed by atoms with Gasteiger partial charge in [0.05, 0.1) is 12.7 Å². The maximum absolute atomic E-state index is 6.97. The molecule has 3 fully saturated rings. The molecule has 148 valence electrons. The van der Waals surface area contributed by atoms with Gasteiger partial charge in [-0.25, -0.2) is 0 Å². The number of fused-ring (bicyclic) bond motifs is 7. The molecule has 0 aliphatic heterocycles. The lowest BCUT2D eigenvalue weighted by molar-refractivity contribution is -0.0597. The summed E-state index contributed by atoms with van der Waals surface area (Å²) in [5, 5.41) is 0. The fourth-order valence-corrected chi connectivity index (χ4v) is 9.32. The molecule has 3 saturated carbocycles. The summed E-state index contributed by atoms with van der Waals surface area (Å²) in [5.41, 5.74) is 3.80. The molecule has 1 aromatic rings. The monoisotopic (exact) mass is 384 g/mol. The number of rotatable bonds is 3. The van der Waals surface area contributed by atoms with Gasteiger partial charge in [0.25, 0.3) is 0 Å². The second-order valence-corrected chi connectivity index (χ2v) is 15.7. The Labute approximate surface area is 166 Å². The van der Waals surface area contributed by atoms with E-state index in [1.807, 2.05) is 0 Å². The van der Waals surface area contributed by atoms with Crippen LogP contribution in [0.2, 0.25) is 19.6 Å². The van der Waals surface area contributed by atoms with Crippen molar-refractivity contribution in [3.05, 3.63) is 29.3 Å². The van der Waals surface area contributed by atoms with Crippen LogP contribution < -0.4 is 4.74 Å². The van der Waals surface area contributed by atoms with E-state index in [1.54, 1.807) is 18.2 Å². The van der Waals surface area contributed by atoms with E-state index in [4.69, 9.17) is 9.16 Å². The fourth-order valence-electron chi connectivity index (χ4n) is 7.74. The molecule has 0 saturated heterocycles. The van der Waals surface area contributed by atoms with Gasteiger partial charge in [0.15, 0.2) is 8.32 Å². The van der Waals surface area contributed by atoms with Crippen molar-refractivity contribution < 1.29 is 9.16 Å². The third-order valence-corrected chi connectivity index (χ3v) is 9.69. The second kappa shape index (κ2) is 5.63. The molecule has 3 heteroatoms. The highest BCUT2D eigenvalue weighted by Gasteiger charge is 2.76. The molecule has 4 aliphatic rings. The van der Waals surface area contributed by atoms with Crippen molar-refractivity contribution in [1.29, 1.82) is 0 Å². The van der Waals surface area contributed by atoms with Gasteiger partial charge in [-0.1, -0.05) is 19.9 Å². The number of benzene rings is 1. The second-order valence-electron chi connectivity index (χ2n) is 11.2. The maximum atomic E-state index is 6.97. The minimum Gasteiger partial charge on any atom is -0.497 e. The zero-order valence-corrected chi connectivity index (χ0v) is 19.0. The minimum atomic E-state index is -1.52. The van der Waals surface area contributed by atoms with Crippen LogP contribution in [0.3, 0.4) is 0 Å². The van der Waals surface area contributed by atoms with E-state index in [9.17, 15) is 0 Å². The van der Waals surface area contributed by atoms with E-state index in [-0.39, 0.29) is 5.60 Å². The summed E-state index contributed by atoms with van der Waals surface area (Å²) < 4.78 is 12.5. The van der Waals surface area contributed by atoms with Crippen LogP contribution in [0.1, 0.15) is 56.6 Å². The van der Waals surface area contributed by atoms with E-state index >= 15 is 0 Å². The van der Waals surface area contributed by atoms with Gasteiger partial charge in [-0.2, -0.15) is 0 Å². The van der Waals surface area contributed by atoms with Crippen molar-refractivity contribution in [2.45, 2.75) is 77.1 Å². The fraction of sp³-hybridized carbons (Fsp3) is 0.750. The van der Waals surface area contributed by atoms with E-state index in [1.165, 1.54) is 32.1 Å². The first-order valence-electron chi connectivity index (χ1n) is 11.1. The predicted octanol–water partition coefficient (Wildman–Crippen LogP) is 6.02. The summed E-state index contributed by atoms with van der Waals surface area (Å²) in [6, 6.07) is 6.86. The summed E-state index contributed by atoms with van der Waals surface area (Å²) in [5.74, 6) is 5.04. The van der Waals surface area contributed by atoms with Crippen molar-refractivity contribution >= 4 is 8.32 Å². The molecule has 0 spiro atoms. The molecule has 0 heterocycles. The Morgan fingerprint density at radius 2 is 1.96 bits per heavy atom. The topological polar surface area (TPSA) is 18.5 Å². The van der Waals surface area contributed by atoms with E-state index in [0.717, 1.165) is 35.3 Å². The molecule has 5 rings (SSSR count). The first-order valence-corrected chi connectivity index (χ1v) is 14.5. The largest absolute Gasteiger partial charge is 0.497 e. The van der Waals surface area contributed by atoms with Crippen LogP contribution in [0.4, 0.5) is 0 Å². The summed E-state index contributed by atoms with van der Waals surface area (Å²) in [4.78, 5) is 0. The summed E-state index contributed by atoms with van der Waals surface area (Å²) >= 11 is 0. The molecule has 2 nitrogen and oxygen atoms in total. The number of ether oxygens (including phenoxy) is 1. The molecule has 0 N–H and O–H groups in total. The molecule has 27 heavy (non-hydrogen) atoms. The van der Waals surface area contributed by atoms with Crippen LogP contribution >= 0.6 is 0 Å². The van der Waals surface area contributed by atoms with E-state index < -0.39 is 8.32 Å². The van der Waals surface area contributed by atoms with Gasteiger partial charge >= 0.3 is 0 Å². The first kappa shape index (κ1) is 18.2. The Kier molecular flexibility index (Phi) is 3.80. The lowest BCUT2D eigenvalue weighted by atomic mass is 9.51. The van der Waals surface area contributed by atoms with Crippen molar-refractivity contribution in [2.24, 2.45) is 29.1 Å². The first-order chi connectivity index (χ1) is 12.7. The molecule has 0 radical (unpaired) electrons. The van der Waals surface area contributed by atoms with Crippen LogP contribution in [0.25, 0.3) is 0 Å². The summed E-state index contributed by atoms with van der Waals surface area (Å²) in [6.45, 7) is 12.3. The summed E-state index contributed by atoms with van der Waals surface area (Å²) in [6.07, 6.45) is 6.65. The van der Waals surface area contributed by atoms with E-state index in [2.05, 4.69) is 51.7 Å². The highest BCUT2D eigenvalue weighted by molar-refractivity contribution is 6.69. The third kappa shape index (κ3) is 2.46. The molecular weight excluding hydrogens is 348 g/mol. The van der Waals surface area contributed by atoms with Gasteiger partial charge in [-0.15, -0.1) is 0 Å². The number of hydrogen-bond acceptors (Lipinski definition) is 2. The van der Waals surface area contributed by atoms with Crippen LogP contribution in [-0.2, 0) is 10.8 Å². The molecule has 4 aliphatic carbocycles. The van der Waals surface area contributed by atoms with Crippen molar-refractivity contribution in [1.82, 2.24) is 0 Å². The van der Waals surface area contributed by atoms with E-state index in [0.29, 0.717) is 5.41 Å². The Hall–Kier alpha value is -0.803. The van der Waals surface area contributed by atoms with Gasteiger partial charge in [0.2, 0.25) is 0 Å². The SMILES string of the molecule is COc1ccc2c(c1)CC(C)[C@@H]1[C@@H]2CC[C@@]2(C)[C@H]1CC1CC12O[Si](C)(C)C. The Balaban J connectivity index is 1.50. The standard InChI is InChI=1S/C24H36O2Si/c1-15-11-16-12-18(25-3)7-8-19(16)20-9-10-23(2)21(22(15)20)13-17-14-24(17,23)26-27(4,5)6/h7-8,12,15,17,20-22H,9-11,13-14H2,1-6H3/t15?,17?,20-,21+,22-,23+,24?/m1/s1. The average Bonchev–Trinajstić information content (AvgIpc) is 3.22. The van der Waals surface area contributed by atoms with Gasteiger partial charge in [-0.3, -0.25) is 0 Å². The van der Waals surface area contributed by atoms with Gasteiger partial charge in [-0.05, 0) is 110 Å². The quantitative estimate of drug-likeness (QED) is 0.593. The molecule has 3 unspecified atom stereocenters. The van der Waals surface area contributed by atoms with Crippen molar-refractivity contribution in [3.63, 3.8) is 0 Å². The smallest absolute Gasteiger partial charge is 0.184 e. The van der Waals surface area contributed by atoms with Crippen molar-refractivity contribution in [2.75, 3.05) is 7.11 Å². The molecular formula is C24H36O2Si. The van der Waals surface area contributed by atoms with Crippen LogP contribution in [0, 0.1) is 29.1 Å². The molecule has 0 bridgehead atoms. The highest BCUT2D eigenvalue weighted by atomic mass is 28.4. The lowest BCUT2D eigenvalue weighted by Crippen LogP contribution is -2.52. The van der Waals surface area contributed by atoms with Crippen LogP contribution in [-0.4, -0.2) is 21.0 Å². The van der Waals surface area contributed by atoms with Gasteiger partial charge in [0, 0.05) is 0 Å². The number of hydrogen-bond donors (Lipinski definition) is 0. The molecule has 1 aromatic carbocycles. The Morgan fingerprint density at radius 1 is 1.19 bits per heavy atom. The highest BCUT2D eigenvalue weighted by Crippen LogP contribution is 2.76.